The van der Waals surface area contributed by atoms with Crippen LogP contribution in [0.1, 0.15) is 67.9 Å². The molecule has 5 nitrogen and oxygen atoms in total. The quantitative estimate of drug-likeness (QED) is 0.428. The van der Waals surface area contributed by atoms with Crippen LogP contribution in [0.2, 0.25) is 0 Å². The first-order chi connectivity index (χ1) is 14.2. The van der Waals surface area contributed by atoms with Crippen LogP contribution >= 0.6 is 11.8 Å². The highest BCUT2D eigenvalue weighted by molar-refractivity contribution is 8.00. The van der Waals surface area contributed by atoms with Gasteiger partial charge in [0.25, 0.3) is 5.91 Å². The Morgan fingerprint density at radius 2 is 1.53 bits per heavy atom. The molecule has 0 radical (unpaired) electrons. The van der Waals surface area contributed by atoms with E-state index in [1.807, 2.05) is 18.2 Å². The van der Waals surface area contributed by atoms with Gasteiger partial charge >= 0.3 is 5.97 Å². The van der Waals surface area contributed by atoms with E-state index >= 15 is 0 Å². The monoisotopic (exact) mass is 427 g/mol. The molecule has 0 aliphatic carbocycles. The number of carbonyl (C=O) groups excluding carboxylic acids is 3. The van der Waals surface area contributed by atoms with E-state index in [9.17, 15) is 14.4 Å². The molecule has 0 saturated carbocycles. The van der Waals surface area contributed by atoms with Crippen LogP contribution in [0.15, 0.2) is 47.4 Å². The Kier molecular flexibility index (Phi) is 8.66. The van der Waals surface area contributed by atoms with Crippen molar-refractivity contribution in [1.82, 2.24) is 0 Å². The maximum Gasteiger partial charge on any atom is 0.339 e. The van der Waals surface area contributed by atoms with Crippen LogP contribution in [0.5, 0.6) is 0 Å². The van der Waals surface area contributed by atoms with Crippen LogP contribution in [0.4, 0.5) is 5.69 Å². The van der Waals surface area contributed by atoms with Crippen LogP contribution in [0.25, 0.3) is 0 Å². The number of hydrogen-bond acceptors (Lipinski definition) is 5. The normalized spacial score (nSPS) is 10.9. The minimum atomic E-state index is -0.585. The number of hydrogen-bond donors (Lipinski definition) is 1. The Balaban J connectivity index is 2.09. The largest absolute Gasteiger partial charge is 0.452 e. The minimum absolute atomic E-state index is 0.0207. The van der Waals surface area contributed by atoms with Gasteiger partial charge in [0.2, 0.25) is 0 Å². The Morgan fingerprint density at radius 3 is 2.10 bits per heavy atom. The van der Waals surface area contributed by atoms with Crippen LogP contribution in [-0.4, -0.2) is 30.0 Å². The summed E-state index contributed by atoms with van der Waals surface area (Å²) in [6.07, 6.45) is 0. The highest BCUT2D eigenvalue weighted by Gasteiger charge is 2.18. The molecular formula is C24H29NO4S. The van der Waals surface area contributed by atoms with E-state index in [0.717, 1.165) is 16.8 Å². The molecule has 6 heteroatoms. The SMILES string of the molecule is CC(=O)CSc1ccccc1C(=O)OCC(=O)Nc1c(C(C)C)cccc1C(C)C. The number of benzene rings is 2. The highest BCUT2D eigenvalue weighted by atomic mass is 32.2. The van der Waals surface area contributed by atoms with Gasteiger partial charge in [-0.2, -0.15) is 0 Å². The Hall–Kier alpha value is -2.60. The molecule has 0 atom stereocenters. The third-order valence-corrected chi connectivity index (χ3v) is 5.73. The third kappa shape index (κ3) is 6.46. The van der Waals surface area contributed by atoms with Crippen molar-refractivity contribution in [3.63, 3.8) is 0 Å². The Morgan fingerprint density at radius 1 is 0.933 bits per heavy atom. The lowest BCUT2D eigenvalue weighted by Gasteiger charge is -2.20. The van der Waals surface area contributed by atoms with Crippen molar-refractivity contribution in [2.75, 3.05) is 17.7 Å². The van der Waals surface area contributed by atoms with Gasteiger partial charge in [0, 0.05) is 10.6 Å². The Bertz CT molecular complexity index is 895. The van der Waals surface area contributed by atoms with Gasteiger partial charge in [0.15, 0.2) is 6.61 Å². The average molecular weight is 428 g/mol. The van der Waals surface area contributed by atoms with Crippen molar-refractivity contribution in [1.29, 1.82) is 0 Å². The molecule has 0 bridgehead atoms. The van der Waals surface area contributed by atoms with E-state index in [1.165, 1.54) is 18.7 Å². The molecule has 0 saturated heterocycles. The summed E-state index contributed by atoms with van der Waals surface area (Å²) in [7, 11) is 0. The van der Waals surface area contributed by atoms with Crippen molar-refractivity contribution in [3.8, 4) is 0 Å². The van der Waals surface area contributed by atoms with Crippen molar-refractivity contribution in [2.45, 2.75) is 51.3 Å². The maximum absolute atomic E-state index is 12.6. The van der Waals surface area contributed by atoms with Gasteiger partial charge < -0.3 is 10.1 Å². The van der Waals surface area contributed by atoms with Crippen molar-refractivity contribution in [2.24, 2.45) is 0 Å². The van der Waals surface area contributed by atoms with E-state index in [-0.39, 0.29) is 35.9 Å². The van der Waals surface area contributed by atoms with Crippen molar-refractivity contribution < 1.29 is 19.1 Å². The second kappa shape index (κ2) is 11.0. The summed E-state index contributed by atoms with van der Waals surface area (Å²) in [5.41, 5.74) is 3.24. The van der Waals surface area contributed by atoms with Crippen LogP contribution in [0, 0.1) is 0 Å². The molecule has 30 heavy (non-hydrogen) atoms. The van der Waals surface area contributed by atoms with Crippen LogP contribution < -0.4 is 5.32 Å². The summed E-state index contributed by atoms with van der Waals surface area (Å²) < 4.78 is 5.26. The number of ether oxygens (including phenoxy) is 1. The first-order valence-corrected chi connectivity index (χ1v) is 11.0. The number of carbonyl (C=O) groups is 3. The highest BCUT2D eigenvalue weighted by Crippen LogP contribution is 2.32. The molecule has 0 spiro atoms. The number of esters is 1. The maximum atomic E-state index is 12.6. The second-order valence-corrected chi connectivity index (χ2v) is 8.75. The number of Topliss-reactive ketones (excluding diaryl/α,β-unsaturated/α-hetero) is 1. The van der Waals surface area contributed by atoms with E-state index in [4.69, 9.17) is 4.74 Å². The van der Waals surface area contributed by atoms with E-state index in [2.05, 4.69) is 33.0 Å². The molecular weight excluding hydrogens is 398 g/mol. The minimum Gasteiger partial charge on any atom is -0.452 e. The van der Waals surface area contributed by atoms with Gasteiger partial charge in [0.05, 0.1) is 11.3 Å². The molecule has 0 heterocycles. The number of rotatable bonds is 9. The summed E-state index contributed by atoms with van der Waals surface area (Å²) in [5, 5.41) is 2.94. The zero-order chi connectivity index (χ0) is 22.3. The standard InChI is InChI=1S/C24H29NO4S/c1-15(2)18-10-8-11-19(16(3)4)23(18)25-22(27)13-29-24(28)20-9-6-7-12-21(20)30-14-17(5)26/h6-12,15-16H,13-14H2,1-5H3,(H,25,27). The molecule has 2 rings (SSSR count). The molecule has 1 amide bonds. The molecule has 0 aliphatic rings. The van der Waals surface area contributed by atoms with Gasteiger partial charge in [0.1, 0.15) is 5.78 Å². The lowest BCUT2D eigenvalue weighted by Crippen LogP contribution is -2.23. The fourth-order valence-corrected chi connectivity index (χ4v) is 3.86. The number of para-hydroxylation sites is 1. The summed E-state index contributed by atoms with van der Waals surface area (Å²) in [5.74, 6) is -0.189. The lowest BCUT2D eigenvalue weighted by atomic mass is 9.92. The van der Waals surface area contributed by atoms with Gasteiger partial charge in [-0.25, -0.2) is 4.79 Å². The number of thioether (sulfide) groups is 1. The third-order valence-electron chi connectivity index (χ3n) is 4.51. The molecule has 0 unspecified atom stereocenters. The number of ketones is 1. The number of amides is 1. The fourth-order valence-electron chi connectivity index (χ4n) is 3.02. The molecule has 1 N–H and O–H groups in total. The fraction of sp³-hybridized carbons (Fsp3) is 0.375. The summed E-state index contributed by atoms with van der Waals surface area (Å²) in [6.45, 7) is 9.41. The van der Waals surface area contributed by atoms with Crippen molar-refractivity contribution >= 4 is 35.1 Å². The number of nitrogens with one attached hydrogen (secondary N) is 1. The Labute approximate surface area is 182 Å². The van der Waals surface area contributed by atoms with Crippen LogP contribution in [0.3, 0.4) is 0 Å². The molecule has 0 aromatic heterocycles. The van der Waals surface area contributed by atoms with Gasteiger partial charge in [-0.3, -0.25) is 9.59 Å². The topological polar surface area (TPSA) is 72.5 Å². The van der Waals surface area contributed by atoms with Crippen LogP contribution in [-0.2, 0) is 14.3 Å². The summed E-state index contributed by atoms with van der Waals surface area (Å²) in [4.78, 5) is 37.0. The first kappa shape index (κ1) is 23.7. The zero-order valence-electron chi connectivity index (χ0n) is 18.2. The molecule has 2 aromatic carbocycles. The predicted octanol–water partition coefficient (Wildman–Crippen LogP) is 5.41. The molecule has 160 valence electrons. The summed E-state index contributed by atoms with van der Waals surface area (Å²) in [6, 6.07) is 12.9. The lowest BCUT2D eigenvalue weighted by molar-refractivity contribution is -0.119. The number of anilines is 1. The van der Waals surface area contributed by atoms with Crippen molar-refractivity contribution in [3.05, 3.63) is 59.2 Å². The smallest absolute Gasteiger partial charge is 0.339 e. The molecule has 0 aliphatic heterocycles. The van der Waals surface area contributed by atoms with Gasteiger partial charge in [-0.1, -0.05) is 58.0 Å². The summed E-state index contributed by atoms with van der Waals surface area (Å²) >= 11 is 1.28. The molecule has 2 aromatic rings. The van der Waals surface area contributed by atoms with Gasteiger partial charge in [-0.15, -0.1) is 11.8 Å². The second-order valence-electron chi connectivity index (χ2n) is 7.73. The first-order valence-electron chi connectivity index (χ1n) is 10.0. The van der Waals surface area contributed by atoms with E-state index in [0.29, 0.717) is 10.5 Å². The van der Waals surface area contributed by atoms with E-state index in [1.54, 1.807) is 24.3 Å². The van der Waals surface area contributed by atoms with Gasteiger partial charge in [-0.05, 0) is 42.0 Å². The average Bonchev–Trinajstić information content (AvgIpc) is 2.70. The molecule has 0 fully saturated rings. The predicted molar refractivity (Wildman–Crippen MR) is 121 cm³/mol. The van der Waals surface area contributed by atoms with E-state index < -0.39 is 5.97 Å². The zero-order valence-corrected chi connectivity index (χ0v) is 19.0.